The lowest BCUT2D eigenvalue weighted by Crippen LogP contribution is -2.27. The summed E-state index contributed by atoms with van der Waals surface area (Å²) in [4.78, 5) is 0.262. The van der Waals surface area contributed by atoms with Crippen LogP contribution in [0.15, 0.2) is 29.2 Å². The number of aliphatic hydroxyl groups is 1. The Bertz CT molecular complexity index is 497. The second-order valence-electron chi connectivity index (χ2n) is 5.31. The average Bonchev–Trinajstić information content (AvgIpc) is 2.45. The van der Waals surface area contributed by atoms with E-state index in [9.17, 15) is 8.42 Å². The largest absolute Gasteiger partial charge is 0.394 e. The van der Waals surface area contributed by atoms with Gasteiger partial charge in [-0.05, 0) is 36.5 Å². The summed E-state index contributed by atoms with van der Waals surface area (Å²) in [6.07, 6.45) is 2.05. The van der Waals surface area contributed by atoms with Crippen LogP contribution in [0.1, 0.15) is 25.8 Å². The molecular formula is C15H25NO4S. The van der Waals surface area contributed by atoms with Crippen LogP contribution in [0.25, 0.3) is 0 Å². The minimum Gasteiger partial charge on any atom is -0.394 e. The summed E-state index contributed by atoms with van der Waals surface area (Å²) in [6, 6.07) is 6.98. The van der Waals surface area contributed by atoms with Gasteiger partial charge in [0.15, 0.2) is 0 Å². The standard InChI is InChI=1S/C15H25NO4S/c1-13(2)3-4-14-5-7-15(8-6-14)21(18,19)16-9-11-20-12-10-17/h5-8,13,16-17H,3-4,9-12H2,1-2H3. The zero-order chi connectivity index (χ0) is 15.7. The number of sulfonamides is 1. The summed E-state index contributed by atoms with van der Waals surface area (Å²) < 4.78 is 31.5. The number of hydrogen-bond acceptors (Lipinski definition) is 4. The molecule has 2 N–H and O–H groups in total. The average molecular weight is 315 g/mol. The Morgan fingerprint density at radius 3 is 2.43 bits per heavy atom. The third-order valence-corrected chi connectivity index (χ3v) is 4.50. The van der Waals surface area contributed by atoms with Crippen molar-refractivity contribution in [2.45, 2.75) is 31.6 Å². The van der Waals surface area contributed by atoms with Crippen molar-refractivity contribution in [3.63, 3.8) is 0 Å². The zero-order valence-corrected chi connectivity index (χ0v) is 13.5. The van der Waals surface area contributed by atoms with Crippen LogP contribution in [-0.2, 0) is 21.2 Å². The lowest BCUT2D eigenvalue weighted by Gasteiger charge is -2.09. The zero-order valence-electron chi connectivity index (χ0n) is 12.7. The van der Waals surface area contributed by atoms with E-state index in [0.29, 0.717) is 5.92 Å². The van der Waals surface area contributed by atoms with Gasteiger partial charge in [-0.15, -0.1) is 0 Å². The maximum Gasteiger partial charge on any atom is 0.240 e. The van der Waals surface area contributed by atoms with Gasteiger partial charge in [-0.3, -0.25) is 0 Å². The van der Waals surface area contributed by atoms with Gasteiger partial charge in [-0.2, -0.15) is 0 Å². The second kappa shape index (κ2) is 9.15. The molecule has 0 amide bonds. The van der Waals surface area contributed by atoms with Crippen molar-refractivity contribution in [3.8, 4) is 0 Å². The Kier molecular flexibility index (Phi) is 7.88. The van der Waals surface area contributed by atoms with E-state index in [1.165, 1.54) is 0 Å². The molecule has 0 saturated carbocycles. The van der Waals surface area contributed by atoms with E-state index in [1.807, 2.05) is 12.1 Å². The number of benzene rings is 1. The highest BCUT2D eigenvalue weighted by Gasteiger charge is 2.12. The van der Waals surface area contributed by atoms with E-state index in [4.69, 9.17) is 9.84 Å². The van der Waals surface area contributed by atoms with E-state index in [1.54, 1.807) is 12.1 Å². The maximum absolute atomic E-state index is 12.0. The Morgan fingerprint density at radius 1 is 1.19 bits per heavy atom. The molecule has 1 rings (SSSR count). The first kappa shape index (κ1) is 18.1. The second-order valence-corrected chi connectivity index (χ2v) is 7.08. The monoisotopic (exact) mass is 315 g/mol. The molecule has 0 fully saturated rings. The lowest BCUT2D eigenvalue weighted by molar-refractivity contribution is 0.0961. The van der Waals surface area contributed by atoms with Gasteiger partial charge in [-0.25, -0.2) is 13.1 Å². The fourth-order valence-corrected chi connectivity index (χ4v) is 2.80. The molecule has 0 saturated heterocycles. The van der Waals surface area contributed by atoms with Gasteiger partial charge in [0.05, 0.1) is 24.7 Å². The minimum absolute atomic E-state index is 0.0649. The summed E-state index contributed by atoms with van der Waals surface area (Å²) in [6.45, 7) is 4.92. The minimum atomic E-state index is -3.49. The van der Waals surface area contributed by atoms with Crippen molar-refractivity contribution < 1.29 is 18.3 Å². The summed E-state index contributed by atoms with van der Waals surface area (Å²) in [5.74, 6) is 0.633. The molecule has 0 aliphatic heterocycles. The molecule has 5 nitrogen and oxygen atoms in total. The van der Waals surface area contributed by atoms with Gasteiger partial charge in [-0.1, -0.05) is 26.0 Å². The molecule has 0 unspecified atom stereocenters. The van der Waals surface area contributed by atoms with Crippen molar-refractivity contribution in [1.82, 2.24) is 4.72 Å². The van der Waals surface area contributed by atoms with E-state index in [0.717, 1.165) is 18.4 Å². The van der Waals surface area contributed by atoms with Crippen LogP contribution in [0.4, 0.5) is 0 Å². The number of hydrogen-bond donors (Lipinski definition) is 2. The molecule has 0 bridgehead atoms. The number of aryl methyl sites for hydroxylation is 1. The normalized spacial score (nSPS) is 12.0. The molecule has 6 heteroatoms. The molecule has 0 heterocycles. The Morgan fingerprint density at radius 2 is 1.86 bits per heavy atom. The molecule has 1 aromatic rings. The molecular weight excluding hydrogens is 290 g/mol. The summed E-state index contributed by atoms with van der Waals surface area (Å²) in [7, 11) is -3.49. The first-order chi connectivity index (χ1) is 9.95. The van der Waals surface area contributed by atoms with Crippen molar-refractivity contribution in [3.05, 3.63) is 29.8 Å². The molecule has 21 heavy (non-hydrogen) atoms. The molecule has 1 aromatic carbocycles. The predicted molar refractivity (Wildman–Crippen MR) is 82.7 cm³/mol. The van der Waals surface area contributed by atoms with Crippen LogP contribution >= 0.6 is 0 Å². The number of nitrogens with one attached hydrogen (secondary N) is 1. The Hall–Kier alpha value is -0.950. The van der Waals surface area contributed by atoms with E-state index in [-0.39, 0.29) is 31.3 Å². The van der Waals surface area contributed by atoms with E-state index in [2.05, 4.69) is 18.6 Å². The van der Waals surface area contributed by atoms with Crippen LogP contribution in [-0.4, -0.2) is 39.9 Å². The SMILES string of the molecule is CC(C)CCc1ccc(S(=O)(=O)NCCOCCO)cc1. The van der Waals surface area contributed by atoms with Gasteiger partial charge in [0, 0.05) is 6.54 Å². The Balaban J connectivity index is 2.51. The maximum atomic E-state index is 12.0. The quantitative estimate of drug-likeness (QED) is 0.643. The van der Waals surface area contributed by atoms with Gasteiger partial charge >= 0.3 is 0 Å². The van der Waals surface area contributed by atoms with Crippen molar-refractivity contribution in [2.24, 2.45) is 5.92 Å². The molecule has 0 aromatic heterocycles. The third kappa shape index (κ3) is 7.04. The third-order valence-electron chi connectivity index (χ3n) is 3.02. The summed E-state index contributed by atoms with van der Waals surface area (Å²) in [5, 5.41) is 8.54. The fraction of sp³-hybridized carbons (Fsp3) is 0.600. The van der Waals surface area contributed by atoms with Crippen LogP contribution in [0.2, 0.25) is 0 Å². The molecule has 0 aliphatic carbocycles. The van der Waals surface area contributed by atoms with Gasteiger partial charge in [0.25, 0.3) is 0 Å². The molecule has 0 atom stereocenters. The first-order valence-electron chi connectivity index (χ1n) is 7.23. The molecule has 0 aliphatic rings. The number of ether oxygens (including phenoxy) is 1. The smallest absolute Gasteiger partial charge is 0.240 e. The topological polar surface area (TPSA) is 75.6 Å². The highest BCUT2D eigenvalue weighted by molar-refractivity contribution is 7.89. The number of aliphatic hydroxyl groups excluding tert-OH is 1. The highest BCUT2D eigenvalue weighted by atomic mass is 32.2. The van der Waals surface area contributed by atoms with E-state index < -0.39 is 10.0 Å². The van der Waals surface area contributed by atoms with Crippen LogP contribution in [0.5, 0.6) is 0 Å². The van der Waals surface area contributed by atoms with E-state index >= 15 is 0 Å². The molecule has 120 valence electrons. The molecule has 0 radical (unpaired) electrons. The van der Waals surface area contributed by atoms with Crippen molar-refractivity contribution >= 4 is 10.0 Å². The highest BCUT2D eigenvalue weighted by Crippen LogP contribution is 2.13. The van der Waals surface area contributed by atoms with Gasteiger partial charge < -0.3 is 9.84 Å². The van der Waals surface area contributed by atoms with Crippen molar-refractivity contribution in [1.29, 1.82) is 0 Å². The van der Waals surface area contributed by atoms with Crippen molar-refractivity contribution in [2.75, 3.05) is 26.4 Å². The van der Waals surface area contributed by atoms with Gasteiger partial charge in [0.2, 0.25) is 10.0 Å². The van der Waals surface area contributed by atoms with Crippen LogP contribution < -0.4 is 4.72 Å². The first-order valence-corrected chi connectivity index (χ1v) is 8.71. The predicted octanol–water partition coefficient (Wildman–Crippen LogP) is 1.56. The van der Waals surface area contributed by atoms with Gasteiger partial charge in [0.1, 0.15) is 0 Å². The van der Waals surface area contributed by atoms with Crippen LogP contribution in [0, 0.1) is 5.92 Å². The van der Waals surface area contributed by atoms with Crippen LogP contribution in [0.3, 0.4) is 0 Å². The number of rotatable bonds is 10. The Labute approximate surface area is 127 Å². The fourth-order valence-electron chi connectivity index (χ4n) is 1.79. The summed E-state index contributed by atoms with van der Waals surface area (Å²) >= 11 is 0. The molecule has 0 spiro atoms. The summed E-state index contributed by atoms with van der Waals surface area (Å²) in [5.41, 5.74) is 1.15. The lowest BCUT2D eigenvalue weighted by atomic mass is 10.0.